The fourth-order valence-corrected chi connectivity index (χ4v) is 0.714. The molecule has 0 N–H and O–H groups in total. The molecule has 0 radical (unpaired) electrons. The normalized spacial score (nSPS) is 7.90. The molecular formula is C9H13I. The Labute approximate surface area is 76.8 Å². The van der Waals surface area contributed by atoms with Gasteiger partial charge in [0.25, 0.3) is 0 Å². The smallest absolute Gasteiger partial charge is 0.0121 e. The zero-order valence-corrected chi connectivity index (χ0v) is 8.63. The van der Waals surface area contributed by atoms with E-state index in [1.54, 1.807) is 0 Å². The van der Waals surface area contributed by atoms with E-state index in [1.165, 1.54) is 5.56 Å². The maximum absolute atomic E-state index is 2.16. The van der Waals surface area contributed by atoms with Crippen molar-refractivity contribution < 1.29 is 0 Å². The minimum atomic E-state index is 1.14. The van der Waals surface area contributed by atoms with Gasteiger partial charge in [0.1, 0.15) is 0 Å². The SMILES string of the molecule is CCc1ccccc1.CI. The summed E-state index contributed by atoms with van der Waals surface area (Å²) < 4.78 is 0. The molecule has 1 aromatic rings. The van der Waals surface area contributed by atoms with Crippen molar-refractivity contribution in [1.29, 1.82) is 0 Å². The maximum Gasteiger partial charge on any atom is -0.0121 e. The topological polar surface area (TPSA) is 0 Å². The van der Waals surface area contributed by atoms with E-state index in [-0.39, 0.29) is 0 Å². The van der Waals surface area contributed by atoms with Crippen molar-refractivity contribution in [3.8, 4) is 0 Å². The summed E-state index contributed by atoms with van der Waals surface area (Å²) in [4.78, 5) is 1.97. The summed E-state index contributed by atoms with van der Waals surface area (Å²) in [6.45, 7) is 2.16. The van der Waals surface area contributed by atoms with Gasteiger partial charge in [-0.1, -0.05) is 59.8 Å². The summed E-state index contributed by atoms with van der Waals surface area (Å²) in [6, 6.07) is 10.5. The van der Waals surface area contributed by atoms with E-state index < -0.39 is 0 Å². The third-order valence-electron chi connectivity index (χ3n) is 1.25. The quantitative estimate of drug-likeness (QED) is 0.528. The van der Waals surface area contributed by atoms with E-state index in [2.05, 4.69) is 53.8 Å². The Morgan fingerprint density at radius 2 is 1.60 bits per heavy atom. The van der Waals surface area contributed by atoms with Gasteiger partial charge in [-0.3, -0.25) is 0 Å². The molecule has 0 aromatic heterocycles. The third-order valence-corrected chi connectivity index (χ3v) is 1.25. The number of halogens is 1. The lowest BCUT2D eigenvalue weighted by molar-refractivity contribution is 1.14. The Morgan fingerprint density at radius 3 is 1.90 bits per heavy atom. The fourth-order valence-electron chi connectivity index (χ4n) is 0.714. The number of rotatable bonds is 1. The molecule has 1 rings (SSSR count). The summed E-state index contributed by atoms with van der Waals surface area (Å²) in [6.07, 6.45) is 1.14. The van der Waals surface area contributed by atoms with Crippen LogP contribution in [0.4, 0.5) is 0 Å². The summed E-state index contributed by atoms with van der Waals surface area (Å²) in [5, 5.41) is 0. The van der Waals surface area contributed by atoms with Gasteiger partial charge in [0.05, 0.1) is 0 Å². The van der Waals surface area contributed by atoms with Crippen LogP contribution >= 0.6 is 22.6 Å². The van der Waals surface area contributed by atoms with Crippen LogP contribution in [0.2, 0.25) is 0 Å². The second-order valence-corrected chi connectivity index (χ2v) is 1.84. The fraction of sp³-hybridized carbons (Fsp3) is 0.333. The highest BCUT2D eigenvalue weighted by molar-refractivity contribution is 14.1. The average Bonchev–Trinajstić information content (AvgIpc) is 2.10. The van der Waals surface area contributed by atoms with E-state index in [1.807, 2.05) is 11.0 Å². The molecule has 0 amide bonds. The molecular weight excluding hydrogens is 235 g/mol. The Morgan fingerprint density at radius 1 is 1.10 bits per heavy atom. The van der Waals surface area contributed by atoms with Crippen LogP contribution in [-0.2, 0) is 6.42 Å². The Bertz CT molecular complexity index is 146. The van der Waals surface area contributed by atoms with Crippen LogP contribution in [0.5, 0.6) is 0 Å². The number of alkyl halides is 1. The zero-order valence-electron chi connectivity index (χ0n) is 6.47. The molecule has 0 heterocycles. The van der Waals surface area contributed by atoms with Crippen LogP contribution in [0.15, 0.2) is 30.3 Å². The zero-order chi connectivity index (χ0) is 7.82. The molecule has 0 aliphatic carbocycles. The predicted octanol–water partition coefficient (Wildman–Crippen LogP) is 3.30. The molecule has 0 saturated carbocycles. The van der Waals surface area contributed by atoms with Crippen molar-refractivity contribution >= 4 is 22.6 Å². The lowest BCUT2D eigenvalue weighted by Crippen LogP contribution is -1.73. The molecule has 0 aliphatic heterocycles. The van der Waals surface area contributed by atoms with Crippen molar-refractivity contribution in [2.45, 2.75) is 13.3 Å². The van der Waals surface area contributed by atoms with Gasteiger partial charge in [0.15, 0.2) is 0 Å². The number of hydrogen-bond donors (Lipinski definition) is 0. The average molecular weight is 248 g/mol. The van der Waals surface area contributed by atoms with Crippen LogP contribution < -0.4 is 0 Å². The standard InChI is InChI=1S/C8H10.CH3I/c1-2-8-6-4-3-5-7-8;1-2/h3-7H,2H2,1H3;1H3. The van der Waals surface area contributed by atoms with E-state index in [4.69, 9.17) is 0 Å². The van der Waals surface area contributed by atoms with Crippen LogP contribution in [0.25, 0.3) is 0 Å². The molecule has 0 bridgehead atoms. The highest BCUT2D eigenvalue weighted by Gasteiger charge is 1.79. The summed E-state index contributed by atoms with van der Waals surface area (Å²) in [7, 11) is 0. The third kappa shape index (κ3) is 3.88. The van der Waals surface area contributed by atoms with Crippen molar-refractivity contribution in [2.75, 3.05) is 4.93 Å². The number of aryl methyl sites for hydroxylation is 1. The minimum absolute atomic E-state index is 1.14. The molecule has 0 unspecified atom stereocenters. The van der Waals surface area contributed by atoms with E-state index in [9.17, 15) is 0 Å². The molecule has 0 nitrogen and oxygen atoms in total. The highest BCUT2D eigenvalue weighted by atomic mass is 127. The molecule has 0 aliphatic rings. The Kier molecular flexibility index (Phi) is 7.03. The van der Waals surface area contributed by atoms with Gasteiger partial charge < -0.3 is 0 Å². The van der Waals surface area contributed by atoms with Gasteiger partial charge in [-0.25, -0.2) is 0 Å². The van der Waals surface area contributed by atoms with Crippen LogP contribution in [0.1, 0.15) is 12.5 Å². The first kappa shape index (κ1) is 9.95. The van der Waals surface area contributed by atoms with Crippen LogP contribution in [0, 0.1) is 0 Å². The Balaban J connectivity index is 0.000000371. The summed E-state index contributed by atoms with van der Waals surface area (Å²) in [5.74, 6) is 0. The molecule has 56 valence electrons. The second-order valence-electron chi connectivity index (χ2n) is 1.84. The molecule has 1 heteroatoms. The second kappa shape index (κ2) is 7.06. The van der Waals surface area contributed by atoms with Crippen molar-refractivity contribution in [3.63, 3.8) is 0 Å². The van der Waals surface area contributed by atoms with Crippen molar-refractivity contribution in [3.05, 3.63) is 35.9 Å². The number of benzene rings is 1. The summed E-state index contributed by atoms with van der Waals surface area (Å²) in [5.41, 5.74) is 1.41. The lowest BCUT2D eigenvalue weighted by atomic mass is 10.2. The molecule has 0 spiro atoms. The largest absolute Gasteiger partial charge is 0.0901 e. The first-order valence-electron chi connectivity index (χ1n) is 3.35. The van der Waals surface area contributed by atoms with Crippen molar-refractivity contribution in [1.82, 2.24) is 0 Å². The van der Waals surface area contributed by atoms with Gasteiger partial charge in [-0.05, 0) is 16.9 Å². The van der Waals surface area contributed by atoms with Gasteiger partial charge in [0.2, 0.25) is 0 Å². The molecule has 10 heavy (non-hydrogen) atoms. The maximum atomic E-state index is 2.16. The van der Waals surface area contributed by atoms with Gasteiger partial charge >= 0.3 is 0 Å². The van der Waals surface area contributed by atoms with Crippen LogP contribution in [-0.4, -0.2) is 4.93 Å². The van der Waals surface area contributed by atoms with Crippen LogP contribution in [0.3, 0.4) is 0 Å². The van der Waals surface area contributed by atoms with Crippen molar-refractivity contribution in [2.24, 2.45) is 0 Å². The van der Waals surface area contributed by atoms with Gasteiger partial charge in [-0.2, -0.15) is 0 Å². The van der Waals surface area contributed by atoms with Gasteiger partial charge in [-0.15, -0.1) is 0 Å². The van der Waals surface area contributed by atoms with E-state index in [0.717, 1.165) is 6.42 Å². The first-order valence-corrected chi connectivity index (χ1v) is 5.51. The molecule has 0 fully saturated rings. The monoisotopic (exact) mass is 248 g/mol. The number of hydrogen-bond acceptors (Lipinski definition) is 0. The molecule has 1 aromatic carbocycles. The van der Waals surface area contributed by atoms with Gasteiger partial charge in [0, 0.05) is 0 Å². The minimum Gasteiger partial charge on any atom is -0.0901 e. The highest BCUT2D eigenvalue weighted by Crippen LogP contribution is 1.96. The summed E-state index contributed by atoms with van der Waals surface area (Å²) >= 11 is 2.15. The predicted molar refractivity (Wildman–Crippen MR) is 55.8 cm³/mol. The molecule has 0 saturated heterocycles. The molecule has 0 atom stereocenters. The van der Waals surface area contributed by atoms with E-state index in [0.29, 0.717) is 0 Å². The lowest BCUT2D eigenvalue weighted by Gasteiger charge is -1.89. The Hall–Kier alpha value is -0.0500. The first-order chi connectivity index (χ1) is 4.93. The van der Waals surface area contributed by atoms with E-state index >= 15 is 0 Å².